The fraction of sp³-hybridized carbons (Fsp3) is 0.0714. The number of hydrogen-bond donors (Lipinski definition) is 1. The van der Waals surface area contributed by atoms with Crippen LogP contribution in [0.15, 0.2) is 45.3 Å². The minimum absolute atomic E-state index is 0.128. The molecule has 1 N–H and O–H groups in total. The molecule has 0 saturated heterocycles. The van der Waals surface area contributed by atoms with Crippen molar-refractivity contribution in [1.82, 2.24) is 0 Å². The van der Waals surface area contributed by atoms with Crippen LogP contribution >= 0.6 is 31.9 Å². The molecule has 0 heterocycles. The Bertz CT molecular complexity index is 732. The van der Waals surface area contributed by atoms with E-state index in [-0.39, 0.29) is 11.4 Å². The highest BCUT2D eigenvalue weighted by Gasteiger charge is 2.18. The van der Waals surface area contributed by atoms with Gasteiger partial charge in [-0.3, -0.25) is 14.9 Å². The summed E-state index contributed by atoms with van der Waals surface area (Å²) in [5.74, 6) is -0.415. The number of amides is 1. The van der Waals surface area contributed by atoms with Crippen molar-refractivity contribution in [2.45, 2.75) is 6.92 Å². The van der Waals surface area contributed by atoms with E-state index in [1.165, 1.54) is 12.1 Å². The molecule has 0 aliphatic rings. The molecule has 0 radical (unpaired) electrons. The minimum atomic E-state index is -0.515. The van der Waals surface area contributed by atoms with E-state index in [0.717, 1.165) is 10.0 Å². The summed E-state index contributed by atoms with van der Waals surface area (Å²) in [6, 6.07) is 9.74. The van der Waals surface area contributed by atoms with Crippen molar-refractivity contribution >= 4 is 49.1 Å². The second-order valence-corrected chi connectivity index (χ2v) is 6.13. The number of aryl methyl sites for hydroxylation is 1. The highest BCUT2D eigenvalue weighted by atomic mass is 79.9. The van der Waals surface area contributed by atoms with Crippen LogP contribution < -0.4 is 5.32 Å². The first-order valence-corrected chi connectivity index (χ1v) is 7.48. The van der Waals surface area contributed by atoms with Crippen molar-refractivity contribution in [3.8, 4) is 0 Å². The lowest BCUT2D eigenvalue weighted by Gasteiger charge is -2.08. The van der Waals surface area contributed by atoms with Crippen LogP contribution in [0.1, 0.15) is 15.9 Å². The molecule has 0 aromatic heterocycles. The van der Waals surface area contributed by atoms with E-state index >= 15 is 0 Å². The molecule has 5 nitrogen and oxygen atoms in total. The van der Waals surface area contributed by atoms with Gasteiger partial charge in [0.1, 0.15) is 5.69 Å². The molecule has 0 bridgehead atoms. The number of nitro groups is 1. The number of anilines is 1. The average Bonchev–Trinajstić information content (AvgIpc) is 2.40. The molecular weight excluding hydrogens is 404 g/mol. The molecule has 0 atom stereocenters. The zero-order valence-electron chi connectivity index (χ0n) is 10.9. The quantitative estimate of drug-likeness (QED) is 0.586. The summed E-state index contributed by atoms with van der Waals surface area (Å²) in [7, 11) is 0. The second-order valence-electron chi connectivity index (χ2n) is 4.36. The molecule has 7 heteroatoms. The maximum Gasteiger partial charge on any atom is 0.293 e. The largest absolute Gasteiger partial charge is 0.316 e. The lowest BCUT2D eigenvalue weighted by atomic mass is 10.1. The number of halogens is 2. The van der Waals surface area contributed by atoms with Crippen LogP contribution in [0, 0.1) is 17.0 Å². The normalized spacial score (nSPS) is 10.2. The smallest absolute Gasteiger partial charge is 0.293 e. The first kappa shape index (κ1) is 15.7. The minimum Gasteiger partial charge on any atom is -0.316 e. The van der Waals surface area contributed by atoms with Gasteiger partial charge in [-0.25, -0.2) is 0 Å². The molecule has 21 heavy (non-hydrogen) atoms. The molecular formula is C14H10Br2N2O3. The predicted octanol–water partition coefficient (Wildman–Crippen LogP) is 4.68. The highest BCUT2D eigenvalue weighted by Crippen LogP contribution is 2.27. The molecule has 0 spiro atoms. The Hall–Kier alpha value is -1.73. The van der Waals surface area contributed by atoms with Gasteiger partial charge < -0.3 is 5.32 Å². The van der Waals surface area contributed by atoms with Crippen LogP contribution in [-0.4, -0.2) is 10.8 Å². The Balaban J connectivity index is 2.34. The lowest BCUT2D eigenvalue weighted by Crippen LogP contribution is -2.13. The van der Waals surface area contributed by atoms with Crippen molar-refractivity contribution in [3.63, 3.8) is 0 Å². The number of nitrogens with zero attached hydrogens (tertiary/aromatic N) is 1. The van der Waals surface area contributed by atoms with Crippen LogP contribution in [0.25, 0.3) is 0 Å². The molecule has 2 rings (SSSR count). The molecule has 0 unspecified atom stereocenters. The SMILES string of the molecule is Cc1ccc(NC(=O)c2ccc(Br)cc2Br)c([N+](=O)[O-])c1. The van der Waals surface area contributed by atoms with Crippen molar-refractivity contribution in [1.29, 1.82) is 0 Å². The summed E-state index contributed by atoms with van der Waals surface area (Å²) in [6.45, 7) is 1.75. The van der Waals surface area contributed by atoms with E-state index in [0.29, 0.717) is 10.0 Å². The van der Waals surface area contributed by atoms with E-state index in [1.54, 1.807) is 31.2 Å². The van der Waals surface area contributed by atoms with Gasteiger partial charge in [0.25, 0.3) is 11.6 Å². The standard InChI is InChI=1S/C14H10Br2N2O3/c1-8-2-5-12(13(6-8)18(20)21)17-14(19)10-4-3-9(15)7-11(10)16/h2-7H,1H3,(H,17,19). The summed E-state index contributed by atoms with van der Waals surface area (Å²) in [5.41, 5.74) is 1.19. The van der Waals surface area contributed by atoms with Crippen LogP contribution in [0.3, 0.4) is 0 Å². The second kappa shape index (κ2) is 6.36. The Morgan fingerprint density at radius 1 is 1.19 bits per heavy atom. The molecule has 0 saturated carbocycles. The predicted molar refractivity (Wildman–Crippen MR) is 87.6 cm³/mol. The summed E-state index contributed by atoms with van der Waals surface area (Å²) in [5, 5.41) is 13.6. The van der Waals surface area contributed by atoms with Crippen LogP contribution in [0.5, 0.6) is 0 Å². The Morgan fingerprint density at radius 3 is 2.52 bits per heavy atom. The maximum absolute atomic E-state index is 12.2. The molecule has 108 valence electrons. The fourth-order valence-corrected chi connectivity index (χ4v) is 2.99. The molecule has 1 amide bonds. The fourth-order valence-electron chi connectivity index (χ4n) is 1.76. The first-order chi connectivity index (χ1) is 9.88. The van der Waals surface area contributed by atoms with Gasteiger partial charge >= 0.3 is 0 Å². The topological polar surface area (TPSA) is 72.2 Å². The van der Waals surface area contributed by atoms with E-state index in [4.69, 9.17) is 0 Å². The summed E-state index contributed by atoms with van der Waals surface area (Å²) < 4.78 is 1.43. The monoisotopic (exact) mass is 412 g/mol. The zero-order chi connectivity index (χ0) is 15.6. The van der Waals surface area contributed by atoms with Crippen molar-refractivity contribution in [3.05, 3.63) is 66.6 Å². The van der Waals surface area contributed by atoms with Crippen molar-refractivity contribution < 1.29 is 9.72 Å². The van der Waals surface area contributed by atoms with E-state index in [9.17, 15) is 14.9 Å². The average molecular weight is 414 g/mol. The van der Waals surface area contributed by atoms with Gasteiger partial charge in [0.2, 0.25) is 0 Å². The van der Waals surface area contributed by atoms with Crippen molar-refractivity contribution in [2.75, 3.05) is 5.32 Å². The molecule has 2 aromatic rings. The van der Waals surface area contributed by atoms with Crippen LogP contribution in [-0.2, 0) is 0 Å². The summed E-state index contributed by atoms with van der Waals surface area (Å²) in [6.07, 6.45) is 0. The van der Waals surface area contributed by atoms with Gasteiger partial charge in [-0.2, -0.15) is 0 Å². The van der Waals surface area contributed by atoms with Gasteiger partial charge in [0.05, 0.1) is 10.5 Å². The summed E-state index contributed by atoms with van der Waals surface area (Å²) in [4.78, 5) is 22.8. The van der Waals surface area contributed by atoms with E-state index in [1.807, 2.05) is 0 Å². The molecule has 0 aliphatic heterocycles. The van der Waals surface area contributed by atoms with Gasteiger partial charge in [-0.15, -0.1) is 0 Å². The number of hydrogen-bond acceptors (Lipinski definition) is 3. The highest BCUT2D eigenvalue weighted by molar-refractivity contribution is 9.11. The number of rotatable bonds is 3. The Kier molecular flexibility index (Phi) is 4.74. The van der Waals surface area contributed by atoms with Crippen LogP contribution in [0.4, 0.5) is 11.4 Å². The van der Waals surface area contributed by atoms with Gasteiger partial charge in [-0.05, 0) is 52.7 Å². The third-order valence-electron chi connectivity index (χ3n) is 2.77. The Labute approximate surface area is 137 Å². The zero-order valence-corrected chi connectivity index (χ0v) is 14.1. The number of carbonyl (C=O) groups excluding carboxylic acids is 1. The third kappa shape index (κ3) is 3.68. The number of nitrogens with one attached hydrogen (secondary N) is 1. The third-order valence-corrected chi connectivity index (χ3v) is 3.92. The van der Waals surface area contributed by atoms with Gasteiger partial charge in [0.15, 0.2) is 0 Å². The number of nitro benzene ring substituents is 1. The van der Waals surface area contributed by atoms with Crippen molar-refractivity contribution in [2.24, 2.45) is 0 Å². The number of carbonyl (C=O) groups is 1. The first-order valence-electron chi connectivity index (χ1n) is 5.90. The lowest BCUT2D eigenvalue weighted by molar-refractivity contribution is -0.384. The molecule has 0 fully saturated rings. The Morgan fingerprint density at radius 2 is 1.90 bits per heavy atom. The summed E-state index contributed by atoms with van der Waals surface area (Å²) >= 11 is 6.60. The van der Waals surface area contributed by atoms with Gasteiger partial charge in [0, 0.05) is 15.0 Å². The van der Waals surface area contributed by atoms with E-state index in [2.05, 4.69) is 37.2 Å². The van der Waals surface area contributed by atoms with Gasteiger partial charge in [-0.1, -0.05) is 22.0 Å². The molecule has 2 aromatic carbocycles. The maximum atomic E-state index is 12.2. The number of benzene rings is 2. The van der Waals surface area contributed by atoms with Crippen LogP contribution in [0.2, 0.25) is 0 Å². The molecule has 0 aliphatic carbocycles. The van der Waals surface area contributed by atoms with E-state index < -0.39 is 10.8 Å².